The molecule has 0 unspecified atom stereocenters. The Morgan fingerprint density at radius 1 is 1.04 bits per heavy atom. The van der Waals surface area contributed by atoms with Crippen LogP contribution in [0, 0.1) is 0 Å². The van der Waals surface area contributed by atoms with E-state index in [-0.39, 0.29) is 18.0 Å². The van der Waals surface area contributed by atoms with Gasteiger partial charge < -0.3 is 15.5 Å². The summed E-state index contributed by atoms with van der Waals surface area (Å²) >= 11 is 0. The first-order valence-electron chi connectivity index (χ1n) is 8.97. The Hall–Kier alpha value is -2.82. The summed E-state index contributed by atoms with van der Waals surface area (Å²) in [6.07, 6.45) is 0. The molecule has 2 aromatic rings. The van der Waals surface area contributed by atoms with Crippen LogP contribution in [-0.2, 0) is 6.54 Å². The summed E-state index contributed by atoms with van der Waals surface area (Å²) < 4.78 is 0. The molecule has 5 heteroatoms. The van der Waals surface area contributed by atoms with E-state index in [4.69, 9.17) is 0 Å². The molecular weight excluding hydrogens is 326 g/mol. The second kappa shape index (κ2) is 7.20. The predicted octanol–water partition coefficient (Wildman–Crippen LogP) is 4.50. The Morgan fingerprint density at radius 2 is 1.73 bits per heavy atom. The highest BCUT2D eigenvalue weighted by Crippen LogP contribution is 2.31. The van der Waals surface area contributed by atoms with E-state index in [1.165, 1.54) is 5.56 Å². The van der Waals surface area contributed by atoms with Crippen LogP contribution in [0.3, 0.4) is 0 Å². The number of carbonyl (C=O) groups excluding carboxylic acids is 2. The van der Waals surface area contributed by atoms with Gasteiger partial charge in [0.05, 0.1) is 6.54 Å². The quantitative estimate of drug-likeness (QED) is 0.852. The smallest absolute Gasteiger partial charge is 0.319 e. The molecule has 1 aliphatic heterocycles. The van der Waals surface area contributed by atoms with E-state index in [0.29, 0.717) is 23.7 Å². The number of amides is 3. The van der Waals surface area contributed by atoms with Crippen LogP contribution in [0.2, 0.25) is 0 Å². The summed E-state index contributed by atoms with van der Waals surface area (Å²) in [6.45, 7) is 8.64. The molecule has 136 valence electrons. The topological polar surface area (TPSA) is 61.4 Å². The Balaban J connectivity index is 1.77. The van der Waals surface area contributed by atoms with Crippen molar-refractivity contribution < 1.29 is 9.59 Å². The molecule has 0 fully saturated rings. The molecule has 0 saturated heterocycles. The van der Waals surface area contributed by atoms with Crippen molar-refractivity contribution in [2.24, 2.45) is 0 Å². The molecule has 0 aliphatic carbocycles. The lowest BCUT2D eigenvalue weighted by Crippen LogP contribution is -2.34. The molecule has 3 amide bonds. The maximum atomic E-state index is 12.8. The maximum Gasteiger partial charge on any atom is 0.319 e. The molecule has 2 aromatic carbocycles. The summed E-state index contributed by atoms with van der Waals surface area (Å²) in [4.78, 5) is 26.5. The molecule has 1 heterocycles. The van der Waals surface area contributed by atoms with Gasteiger partial charge in [0.15, 0.2) is 0 Å². The molecule has 3 rings (SSSR count). The fourth-order valence-electron chi connectivity index (χ4n) is 3.06. The van der Waals surface area contributed by atoms with Crippen molar-refractivity contribution in [2.75, 3.05) is 10.2 Å². The fraction of sp³-hybridized carbons (Fsp3) is 0.333. The Labute approximate surface area is 154 Å². The molecule has 0 bridgehead atoms. The van der Waals surface area contributed by atoms with E-state index in [0.717, 1.165) is 11.3 Å². The van der Waals surface area contributed by atoms with Gasteiger partial charge in [-0.2, -0.15) is 0 Å². The summed E-state index contributed by atoms with van der Waals surface area (Å²) in [6, 6.07) is 13.4. The maximum absolute atomic E-state index is 12.8. The zero-order chi connectivity index (χ0) is 18.8. The number of fused-ring (bicyclic) bond motifs is 1. The largest absolute Gasteiger partial charge is 0.336 e. The van der Waals surface area contributed by atoms with Gasteiger partial charge in [-0.1, -0.05) is 32.0 Å². The van der Waals surface area contributed by atoms with E-state index in [2.05, 4.69) is 36.6 Å². The summed E-state index contributed by atoms with van der Waals surface area (Å²) in [5.41, 5.74) is 4.37. The molecule has 1 aliphatic rings. The van der Waals surface area contributed by atoms with Crippen molar-refractivity contribution in [1.29, 1.82) is 0 Å². The van der Waals surface area contributed by atoms with Gasteiger partial charge >= 0.3 is 6.03 Å². The molecule has 0 atom stereocenters. The number of rotatable bonds is 4. The van der Waals surface area contributed by atoms with Crippen LogP contribution >= 0.6 is 0 Å². The third-order valence-electron chi connectivity index (χ3n) is 4.46. The average molecular weight is 351 g/mol. The summed E-state index contributed by atoms with van der Waals surface area (Å²) in [5.74, 6) is 0.423. The van der Waals surface area contributed by atoms with Gasteiger partial charge in [-0.25, -0.2) is 4.79 Å². The van der Waals surface area contributed by atoms with Crippen molar-refractivity contribution in [3.05, 3.63) is 59.2 Å². The van der Waals surface area contributed by atoms with Crippen LogP contribution in [0.15, 0.2) is 42.5 Å². The second-order valence-electron chi connectivity index (χ2n) is 7.26. The van der Waals surface area contributed by atoms with Crippen LogP contribution in [0.5, 0.6) is 0 Å². The van der Waals surface area contributed by atoms with Crippen molar-refractivity contribution in [3.63, 3.8) is 0 Å². The molecule has 2 N–H and O–H groups in total. The zero-order valence-corrected chi connectivity index (χ0v) is 15.7. The first-order chi connectivity index (χ1) is 12.3. The van der Waals surface area contributed by atoms with Crippen molar-refractivity contribution in [1.82, 2.24) is 5.32 Å². The molecule has 0 spiro atoms. The predicted molar refractivity (Wildman–Crippen MR) is 105 cm³/mol. The SMILES string of the molecule is CC(C)NC(=O)Nc1ccc2c(c1)C(=O)N(c1ccc(C(C)C)cc1)C2. The lowest BCUT2D eigenvalue weighted by atomic mass is 10.0. The number of hydrogen-bond acceptors (Lipinski definition) is 2. The van der Waals surface area contributed by atoms with E-state index in [1.807, 2.05) is 38.1 Å². The Bertz CT molecular complexity index is 826. The van der Waals surface area contributed by atoms with Crippen LogP contribution in [0.1, 0.15) is 55.1 Å². The molecule has 0 radical (unpaired) electrons. The normalized spacial score (nSPS) is 13.3. The standard InChI is InChI=1S/C21H25N3O2/c1-13(2)15-6-9-18(10-7-15)24-12-16-5-8-17(11-19(16)20(24)25)23-21(26)22-14(3)4/h5-11,13-14H,12H2,1-4H3,(H2,22,23,26). The van der Waals surface area contributed by atoms with Crippen LogP contribution in [0.4, 0.5) is 16.2 Å². The number of hydrogen-bond donors (Lipinski definition) is 2. The van der Waals surface area contributed by atoms with E-state index in [9.17, 15) is 9.59 Å². The van der Waals surface area contributed by atoms with Crippen LogP contribution in [0.25, 0.3) is 0 Å². The highest BCUT2D eigenvalue weighted by molar-refractivity contribution is 6.10. The molecular formula is C21H25N3O2. The first kappa shape index (κ1) is 18.0. The van der Waals surface area contributed by atoms with Gasteiger partial charge in [-0.05, 0) is 55.2 Å². The van der Waals surface area contributed by atoms with Gasteiger partial charge in [0.2, 0.25) is 0 Å². The number of anilines is 2. The minimum atomic E-state index is -0.272. The van der Waals surface area contributed by atoms with E-state index >= 15 is 0 Å². The third-order valence-corrected chi connectivity index (χ3v) is 4.46. The van der Waals surface area contributed by atoms with Gasteiger partial charge in [0.1, 0.15) is 0 Å². The summed E-state index contributed by atoms with van der Waals surface area (Å²) in [7, 11) is 0. The van der Waals surface area contributed by atoms with Crippen molar-refractivity contribution in [2.45, 2.75) is 46.2 Å². The monoisotopic (exact) mass is 351 g/mol. The zero-order valence-electron chi connectivity index (χ0n) is 15.7. The number of nitrogens with zero attached hydrogens (tertiary/aromatic N) is 1. The van der Waals surface area contributed by atoms with Crippen LogP contribution in [-0.4, -0.2) is 18.0 Å². The number of benzene rings is 2. The number of carbonyl (C=O) groups is 2. The average Bonchev–Trinajstić information content (AvgIpc) is 2.91. The Morgan fingerprint density at radius 3 is 2.35 bits per heavy atom. The first-order valence-corrected chi connectivity index (χ1v) is 8.97. The minimum Gasteiger partial charge on any atom is -0.336 e. The van der Waals surface area contributed by atoms with Crippen LogP contribution < -0.4 is 15.5 Å². The van der Waals surface area contributed by atoms with Gasteiger partial charge in [0.25, 0.3) is 5.91 Å². The number of nitrogens with one attached hydrogen (secondary N) is 2. The molecule has 0 saturated carbocycles. The highest BCUT2D eigenvalue weighted by Gasteiger charge is 2.28. The molecule has 0 aromatic heterocycles. The molecule has 5 nitrogen and oxygen atoms in total. The number of urea groups is 1. The fourth-order valence-corrected chi connectivity index (χ4v) is 3.06. The van der Waals surface area contributed by atoms with Crippen molar-refractivity contribution in [3.8, 4) is 0 Å². The van der Waals surface area contributed by atoms with E-state index < -0.39 is 0 Å². The summed E-state index contributed by atoms with van der Waals surface area (Å²) in [5, 5.41) is 5.55. The van der Waals surface area contributed by atoms with Gasteiger partial charge in [-0.15, -0.1) is 0 Å². The third kappa shape index (κ3) is 3.72. The molecule has 26 heavy (non-hydrogen) atoms. The van der Waals surface area contributed by atoms with E-state index in [1.54, 1.807) is 11.0 Å². The van der Waals surface area contributed by atoms with Gasteiger partial charge in [0, 0.05) is 23.0 Å². The minimum absolute atomic E-state index is 0.0368. The highest BCUT2D eigenvalue weighted by atomic mass is 16.2. The lowest BCUT2D eigenvalue weighted by molar-refractivity contribution is 0.0996. The van der Waals surface area contributed by atoms with Crippen molar-refractivity contribution >= 4 is 23.3 Å². The van der Waals surface area contributed by atoms with Gasteiger partial charge in [-0.3, -0.25) is 4.79 Å². The Kier molecular flexibility index (Phi) is 4.98. The lowest BCUT2D eigenvalue weighted by Gasteiger charge is -2.16. The second-order valence-corrected chi connectivity index (χ2v) is 7.26.